The van der Waals surface area contributed by atoms with Crippen LogP contribution >= 0.6 is 0 Å². The zero-order chi connectivity index (χ0) is 21.3. The maximum absolute atomic E-state index is 12.4. The Bertz CT molecular complexity index is 1070. The molecule has 0 fully saturated rings. The van der Waals surface area contributed by atoms with Gasteiger partial charge in [-0.1, -0.05) is 25.5 Å². The Morgan fingerprint density at radius 3 is 2.73 bits per heavy atom. The summed E-state index contributed by atoms with van der Waals surface area (Å²) >= 11 is 0. The van der Waals surface area contributed by atoms with Crippen LogP contribution in [0.4, 0.5) is 10.6 Å². The average Bonchev–Trinajstić information content (AvgIpc) is 3.30. The van der Waals surface area contributed by atoms with Gasteiger partial charge in [0.2, 0.25) is 0 Å². The largest absolute Gasteiger partial charge is 0.444 e. The second-order valence-corrected chi connectivity index (χ2v) is 8.73. The lowest BCUT2D eigenvalue weighted by Gasteiger charge is -2.24. The van der Waals surface area contributed by atoms with Gasteiger partial charge >= 0.3 is 6.09 Å². The number of ether oxygens (including phenoxy) is 1. The summed E-state index contributed by atoms with van der Waals surface area (Å²) in [5.74, 6) is 0.840. The third-order valence-corrected chi connectivity index (χ3v) is 5.07. The fourth-order valence-electron chi connectivity index (χ4n) is 3.57. The standard InChI is InChI=1S/C23H29N5O2/c1-5-6-11-24-20-9-10-21-25-13-19(28(21)26-20)16-7-8-17-14-27(15-18(17)12-16)22(29)30-23(2,3)4/h7-10,12-13H,5-6,11,14-15H2,1-4H3,(H,24,26). The molecule has 0 saturated heterocycles. The number of fused-ring (bicyclic) bond motifs is 2. The van der Waals surface area contributed by atoms with Crippen LogP contribution in [-0.2, 0) is 17.8 Å². The van der Waals surface area contributed by atoms with Gasteiger partial charge in [-0.05, 0) is 56.5 Å². The molecule has 30 heavy (non-hydrogen) atoms. The highest BCUT2D eigenvalue weighted by Gasteiger charge is 2.28. The van der Waals surface area contributed by atoms with Gasteiger partial charge < -0.3 is 10.1 Å². The molecular weight excluding hydrogens is 378 g/mol. The summed E-state index contributed by atoms with van der Waals surface area (Å²) in [5.41, 5.74) is 4.55. The van der Waals surface area contributed by atoms with Gasteiger partial charge in [-0.2, -0.15) is 0 Å². The average molecular weight is 408 g/mol. The summed E-state index contributed by atoms with van der Waals surface area (Å²) in [5, 5.41) is 8.09. The third-order valence-electron chi connectivity index (χ3n) is 5.07. The van der Waals surface area contributed by atoms with E-state index in [0.717, 1.165) is 53.2 Å². The van der Waals surface area contributed by atoms with E-state index in [4.69, 9.17) is 9.84 Å². The molecular formula is C23H29N5O2. The zero-order valence-electron chi connectivity index (χ0n) is 18.1. The van der Waals surface area contributed by atoms with Crippen LogP contribution in [0.1, 0.15) is 51.7 Å². The van der Waals surface area contributed by atoms with Gasteiger partial charge in [0.25, 0.3) is 0 Å². The van der Waals surface area contributed by atoms with Gasteiger partial charge in [-0.25, -0.2) is 14.3 Å². The highest BCUT2D eigenvalue weighted by atomic mass is 16.6. The molecule has 0 atom stereocenters. The Hall–Kier alpha value is -3.09. The van der Waals surface area contributed by atoms with E-state index in [0.29, 0.717) is 13.1 Å². The summed E-state index contributed by atoms with van der Waals surface area (Å²) in [7, 11) is 0. The molecule has 4 rings (SSSR count). The molecule has 0 aliphatic carbocycles. The fraction of sp³-hybridized carbons (Fsp3) is 0.435. The normalized spacial score (nSPS) is 13.5. The van der Waals surface area contributed by atoms with E-state index in [1.165, 1.54) is 0 Å². The van der Waals surface area contributed by atoms with Gasteiger partial charge in [0.1, 0.15) is 11.4 Å². The van der Waals surface area contributed by atoms with E-state index in [1.54, 1.807) is 4.90 Å². The monoisotopic (exact) mass is 407 g/mol. The zero-order valence-corrected chi connectivity index (χ0v) is 18.1. The van der Waals surface area contributed by atoms with Crippen molar-refractivity contribution in [3.8, 4) is 11.3 Å². The Labute approximate surface area is 177 Å². The molecule has 3 aromatic rings. The summed E-state index contributed by atoms with van der Waals surface area (Å²) in [6.07, 6.45) is 3.82. The molecule has 0 unspecified atom stereocenters. The number of amides is 1. The SMILES string of the molecule is CCCCNc1ccc2ncc(-c3ccc4c(c3)CN(C(=O)OC(C)(C)C)C4)n2n1. The summed E-state index contributed by atoms with van der Waals surface area (Å²) in [6.45, 7) is 9.84. The number of nitrogens with one attached hydrogen (secondary N) is 1. The van der Waals surface area contributed by atoms with E-state index >= 15 is 0 Å². The van der Waals surface area contributed by atoms with Crippen molar-refractivity contribution in [3.05, 3.63) is 47.7 Å². The predicted molar refractivity (Wildman–Crippen MR) is 117 cm³/mol. The maximum Gasteiger partial charge on any atom is 0.410 e. The van der Waals surface area contributed by atoms with Crippen molar-refractivity contribution in [1.82, 2.24) is 19.5 Å². The second-order valence-electron chi connectivity index (χ2n) is 8.73. The number of carbonyl (C=O) groups is 1. The lowest BCUT2D eigenvalue weighted by molar-refractivity contribution is 0.0242. The number of rotatable bonds is 5. The number of hydrogen-bond donors (Lipinski definition) is 1. The summed E-state index contributed by atoms with van der Waals surface area (Å²) < 4.78 is 7.39. The van der Waals surface area contributed by atoms with Crippen LogP contribution in [0.25, 0.3) is 16.9 Å². The molecule has 0 radical (unpaired) electrons. The molecule has 1 N–H and O–H groups in total. The number of carbonyl (C=O) groups excluding carboxylic acids is 1. The summed E-state index contributed by atoms with van der Waals surface area (Å²) in [4.78, 5) is 18.7. The molecule has 1 aliphatic rings. The molecule has 7 nitrogen and oxygen atoms in total. The number of anilines is 1. The third kappa shape index (κ3) is 4.25. The first-order valence-electron chi connectivity index (χ1n) is 10.5. The first-order valence-corrected chi connectivity index (χ1v) is 10.5. The molecule has 3 heterocycles. The van der Waals surface area contributed by atoms with Crippen LogP contribution in [0.2, 0.25) is 0 Å². The number of hydrogen-bond acceptors (Lipinski definition) is 5. The van der Waals surface area contributed by atoms with E-state index < -0.39 is 5.60 Å². The summed E-state index contributed by atoms with van der Waals surface area (Å²) in [6, 6.07) is 10.2. The van der Waals surface area contributed by atoms with Crippen LogP contribution in [0.15, 0.2) is 36.5 Å². The highest BCUT2D eigenvalue weighted by Crippen LogP contribution is 2.30. The van der Waals surface area contributed by atoms with E-state index in [1.807, 2.05) is 43.6 Å². The minimum atomic E-state index is -0.498. The van der Waals surface area contributed by atoms with Crippen LogP contribution in [0, 0.1) is 0 Å². The first-order chi connectivity index (χ1) is 14.3. The van der Waals surface area contributed by atoms with Crippen molar-refractivity contribution in [2.75, 3.05) is 11.9 Å². The molecule has 158 valence electrons. The molecule has 2 aromatic heterocycles. The van der Waals surface area contributed by atoms with Gasteiger partial charge in [0.05, 0.1) is 11.9 Å². The number of unbranched alkanes of at least 4 members (excludes halogenated alkanes) is 1. The van der Waals surface area contributed by atoms with Crippen LogP contribution in [0.5, 0.6) is 0 Å². The van der Waals surface area contributed by atoms with Gasteiger partial charge in [0.15, 0.2) is 5.65 Å². The number of nitrogens with zero attached hydrogens (tertiary/aromatic N) is 4. The Morgan fingerprint density at radius 1 is 1.17 bits per heavy atom. The topological polar surface area (TPSA) is 71.8 Å². The highest BCUT2D eigenvalue weighted by molar-refractivity contribution is 5.71. The van der Waals surface area contributed by atoms with Gasteiger partial charge in [-0.15, -0.1) is 5.10 Å². The number of imidazole rings is 1. The molecule has 0 spiro atoms. The van der Waals surface area contributed by atoms with E-state index in [9.17, 15) is 4.79 Å². The van der Waals surface area contributed by atoms with Crippen LogP contribution in [0.3, 0.4) is 0 Å². The minimum absolute atomic E-state index is 0.278. The quantitative estimate of drug-likeness (QED) is 0.612. The van der Waals surface area contributed by atoms with E-state index in [2.05, 4.69) is 35.4 Å². The van der Waals surface area contributed by atoms with Gasteiger partial charge in [0, 0.05) is 25.2 Å². The predicted octanol–water partition coefficient (Wildman–Crippen LogP) is 4.86. The van der Waals surface area contributed by atoms with Gasteiger partial charge in [-0.3, -0.25) is 4.90 Å². The molecule has 0 bridgehead atoms. The molecule has 1 aliphatic heterocycles. The smallest absolute Gasteiger partial charge is 0.410 e. The van der Waals surface area contributed by atoms with Crippen molar-refractivity contribution in [2.45, 2.75) is 59.2 Å². The molecule has 1 aromatic carbocycles. The van der Waals surface area contributed by atoms with Crippen LogP contribution in [-0.4, -0.2) is 37.7 Å². The lowest BCUT2D eigenvalue weighted by Crippen LogP contribution is -2.33. The second kappa shape index (κ2) is 7.97. The Morgan fingerprint density at radius 2 is 1.97 bits per heavy atom. The van der Waals surface area contributed by atoms with Crippen molar-refractivity contribution in [1.29, 1.82) is 0 Å². The molecule has 1 amide bonds. The van der Waals surface area contributed by atoms with Crippen molar-refractivity contribution >= 4 is 17.6 Å². The molecule has 0 saturated carbocycles. The Balaban J connectivity index is 1.57. The van der Waals surface area contributed by atoms with Crippen molar-refractivity contribution in [3.63, 3.8) is 0 Å². The maximum atomic E-state index is 12.4. The van der Waals surface area contributed by atoms with Crippen LogP contribution < -0.4 is 5.32 Å². The number of benzene rings is 1. The van der Waals surface area contributed by atoms with E-state index in [-0.39, 0.29) is 6.09 Å². The Kier molecular flexibility index (Phi) is 5.37. The fourth-order valence-corrected chi connectivity index (χ4v) is 3.57. The lowest BCUT2D eigenvalue weighted by atomic mass is 10.0. The number of aromatic nitrogens is 3. The molecule has 7 heteroatoms. The first kappa shape index (κ1) is 20.2. The van der Waals surface area contributed by atoms with Crippen molar-refractivity contribution in [2.24, 2.45) is 0 Å². The van der Waals surface area contributed by atoms with Crippen molar-refractivity contribution < 1.29 is 9.53 Å². The minimum Gasteiger partial charge on any atom is -0.444 e.